The van der Waals surface area contributed by atoms with Gasteiger partial charge in [0.25, 0.3) is 5.89 Å². The Morgan fingerprint density at radius 1 is 1.11 bits per heavy atom. The smallest absolute Gasteiger partial charge is 0.387 e. The summed E-state index contributed by atoms with van der Waals surface area (Å²) in [6.07, 6.45) is 0. The van der Waals surface area contributed by atoms with Crippen molar-refractivity contribution in [2.75, 3.05) is 7.11 Å². The summed E-state index contributed by atoms with van der Waals surface area (Å²) in [5, 5.41) is 4.47. The van der Waals surface area contributed by atoms with E-state index < -0.39 is 6.61 Å². The van der Waals surface area contributed by atoms with E-state index in [1.807, 2.05) is 0 Å². The van der Waals surface area contributed by atoms with Crippen LogP contribution in [0.5, 0.6) is 17.2 Å². The van der Waals surface area contributed by atoms with Crippen molar-refractivity contribution in [3.8, 4) is 28.6 Å². The van der Waals surface area contributed by atoms with Crippen molar-refractivity contribution in [2.45, 2.75) is 13.2 Å². The molecular formula is C17H12Cl2F2N2O4. The molecule has 6 nitrogen and oxygen atoms in total. The number of alkyl halides is 2. The summed E-state index contributed by atoms with van der Waals surface area (Å²) in [6, 6.07) is 9.27. The fourth-order valence-electron chi connectivity index (χ4n) is 2.17. The maximum atomic E-state index is 12.4. The second-order valence-corrected chi connectivity index (χ2v) is 5.88. The molecule has 27 heavy (non-hydrogen) atoms. The molecule has 0 saturated carbocycles. The SMILES string of the molecule is COc1cc(-c2noc(COc3cccc(Cl)c3Cl)n2)ccc1OC(F)F. The monoisotopic (exact) mass is 416 g/mol. The molecule has 0 saturated heterocycles. The molecule has 0 fully saturated rings. The summed E-state index contributed by atoms with van der Waals surface area (Å²) < 4.78 is 44.9. The highest BCUT2D eigenvalue weighted by atomic mass is 35.5. The second kappa shape index (κ2) is 8.41. The Labute approximate surface area is 162 Å². The Bertz CT molecular complexity index is 937. The standard InChI is InChI=1S/C17H12Cl2F2N2O4/c1-24-13-7-9(5-6-11(13)26-17(20)21)16-22-14(27-23-16)8-25-12-4-2-3-10(18)15(12)19/h2-7,17H,8H2,1H3. The number of benzene rings is 2. The predicted molar refractivity (Wildman–Crippen MR) is 93.7 cm³/mol. The van der Waals surface area contributed by atoms with Crippen LogP contribution in [0.1, 0.15) is 5.89 Å². The zero-order chi connectivity index (χ0) is 19.4. The van der Waals surface area contributed by atoms with Crippen LogP contribution in [-0.4, -0.2) is 23.9 Å². The third kappa shape index (κ3) is 4.58. The van der Waals surface area contributed by atoms with E-state index in [1.54, 1.807) is 18.2 Å². The first-order chi connectivity index (χ1) is 13.0. The molecule has 0 aliphatic heterocycles. The topological polar surface area (TPSA) is 66.6 Å². The highest BCUT2D eigenvalue weighted by Gasteiger charge is 2.15. The Kier molecular flexibility index (Phi) is 5.98. The van der Waals surface area contributed by atoms with Crippen molar-refractivity contribution in [3.05, 3.63) is 52.3 Å². The fraction of sp³-hybridized carbons (Fsp3) is 0.176. The summed E-state index contributed by atoms with van der Waals surface area (Å²) in [5.41, 5.74) is 0.490. The average molecular weight is 417 g/mol. The van der Waals surface area contributed by atoms with Crippen LogP contribution in [0.25, 0.3) is 11.4 Å². The number of nitrogens with zero attached hydrogens (tertiary/aromatic N) is 2. The van der Waals surface area contributed by atoms with Crippen molar-refractivity contribution in [2.24, 2.45) is 0 Å². The molecule has 10 heteroatoms. The molecule has 3 rings (SSSR count). The van der Waals surface area contributed by atoms with Crippen LogP contribution in [0.15, 0.2) is 40.9 Å². The van der Waals surface area contributed by atoms with Gasteiger partial charge in [-0.05, 0) is 30.3 Å². The van der Waals surface area contributed by atoms with Crippen molar-refractivity contribution >= 4 is 23.2 Å². The predicted octanol–water partition coefficient (Wildman–Crippen LogP) is 5.23. The van der Waals surface area contributed by atoms with Gasteiger partial charge in [-0.2, -0.15) is 13.8 Å². The van der Waals surface area contributed by atoms with Gasteiger partial charge in [-0.3, -0.25) is 0 Å². The molecular weight excluding hydrogens is 405 g/mol. The zero-order valence-corrected chi connectivity index (χ0v) is 15.3. The van der Waals surface area contributed by atoms with E-state index >= 15 is 0 Å². The van der Waals surface area contributed by atoms with Crippen LogP contribution in [0, 0.1) is 0 Å². The summed E-state index contributed by atoms with van der Waals surface area (Å²) in [5.74, 6) is 0.805. The van der Waals surface area contributed by atoms with Gasteiger partial charge in [0.15, 0.2) is 18.1 Å². The minimum Gasteiger partial charge on any atom is -0.493 e. The molecule has 0 aliphatic rings. The van der Waals surface area contributed by atoms with Gasteiger partial charge in [0.2, 0.25) is 5.82 Å². The molecule has 0 unspecified atom stereocenters. The molecule has 0 bridgehead atoms. The van der Waals surface area contributed by atoms with Crippen LogP contribution >= 0.6 is 23.2 Å². The molecule has 142 valence electrons. The molecule has 3 aromatic rings. The molecule has 1 heterocycles. The van der Waals surface area contributed by atoms with Gasteiger partial charge >= 0.3 is 6.61 Å². The van der Waals surface area contributed by atoms with E-state index in [9.17, 15) is 8.78 Å². The van der Waals surface area contributed by atoms with Gasteiger partial charge in [0.05, 0.1) is 12.1 Å². The molecule has 0 amide bonds. The van der Waals surface area contributed by atoms with Crippen LogP contribution in [0.4, 0.5) is 8.78 Å². The summed E-state index contributed by atoms with van der Waals surface area (Å²) >= 11 is 12.0. The van der Waals surface area contributed by atoms with Crippen LogP contribution in [0.3, 0.4) is 0 Å². The number of hydrogen-bond acceptors (Lipinski definition) is 6. The maximum Gasteiger partial charge on any atom is 0.387 e. The normalized spacial score (nSPS) is 10.9. The van der Waals surface area contributed by atoms with E-state index in [0.717, 1.165) is 0 Å². The van der Waals surface area contributed by atoms with Crippen molar-refractivity contribution < 1.29 is 27.5 Å². The van der Waals surface area contributed by atoms with Gasteiger partial charge in [0, 0.05) is 5.56 Å². The number of halogens is 4. The Balaban J connectivity index is 1.74. The van der Waals surface area contributed by atoms with Gasteiger partial charge in [-0.1, -0.05) is 34.4 Å². The average Bonchev–Trinajstić information content (AvgIpc) is 3.12. The Morgan fingerprint density at radius 2 is 1.93 bits per heavy atom. The largest absolute Gasteiger partial charge is 0.493 e. The van der Waals surface area contributed by atoms with Crippen molar-refractivity contribution in [1.29, 1.82) is 0 Å². The lowest BCUT2D eigenvalue weighted by molar-refractivity contribution is -0.0512. The third-order valence-electron chi connectivity index (χ3n) is 3.37. The van der Waals surface area contributed by atoms with Gasteiger partial charge < -0.3 is 18.7 Å². The summed E-state index contributed by atoms with van der Waals surface area (Å²) in [6.45, 7) is -2.99. The highest BCUT2D eigenvalue weighted by Crippen LogP contribution is 2.33. The lowest BCUT2D eigenvalue weighted by atomic mass is 10.2. The lowest BCUT2D eigenvalue weighted by Gasteiger charge is -2.10. The number of aromatic nitrogens is 2. The molecule has 0 N–H and O–H groups in total. The number of hydrogen-bond donors (Lipinski definition) is 0. The minimum absolute atomic E-state index is 0.0310. The minimum atomic E-state index is -2.96. The molecule has 0 spiro atoms. The summed E-state index contributed by atoms with van der Waals surface area (Å²) in [4.78, 5) is 4.19. The van der Waals surface area contributed by atoms with E-state index in [0.29, 0.717) is 16.3 Å². The summed E-state index contributed by atoms with van der Waals surface area (Å²) in [7, 11) is 1.33. The van der Waals surface area contributed by atoms with Crippen LogP contribution in [0.2, 0.25) is 10.0 Å². The second-order valence-electron chi connectivity index (χ2n) is 5.10. The molecule has 0 radical (unpaired) electrons. The van der Waals surface area contributed by atoms with E-state index in [2.05, 4.69) is 14.9 Å². The van der Waals surface area contributed by atoms with E-state index in [1.165, 1.54) is 25.3 Å². The van der Waals surface area contributed by atoms with Gasteiger partial charge in [-0.15, -0.1) is 0 Å². The lowest BCUT2D eigenvalue weighted by Crippen LogP contribution is -2.03. The Morgan fingerprint density at radius 3 is 2.67 bits per heavy atom. The zero-order valence-electron chi connectivity index (χ0n) is 13.8. The third-order valence-corrected chi connectivity index (χ3v) is 4.17. The van der Waals surface area contributed by atoms with Crippen molar-refractivity contribution in [1.82, 2.24) is 10.1 Å². The highest BCUT2D eigenvalue weighted by molar-refractivity contribution is 6.42. The first kappa shape index (κ1) is 19.2. The van der Waals surface area contributed by atoms with E-state index in [4.69, 9.17) is 37.2 Å². The van der Waals surface area contributed by atoms with E-state index in [-0.39, 0.29) is 34.8 Å². The number of methoxy groups -OCH3 is 1. The van der Waals surface area contributed by atoms with Gasteiger partial charge in [-0.25, -0.2) is 0 Å². The first-order valence-corrected chi connectivity index (χ1v) is 8.26. The first-order valence-electron chi connectivity index (χ1n) is 7.50. The van der Waals surface area contributed by atoms with Crippen molar-refractivity contribution in [3.63, 3.8) is 0 Å². The van der Waals surface area contributed by atoms with Gasteiger partial charge in [0.1, 0.15) is 10.8 Å². The Hall–Kier alpha value is -2.58. The maximum absolute atomic E-state index is 12.4. The fourth-order valence-corrected chi connectivity index (χ4v) is 2.51. The molecule has 0 aliphatic carbocycles. The quantitative estimate of drug-likeness (QED) is 0.525. The molecule has 0 atom stereocenters. The van der Waals surface area contributed by atoms with Crippen LogP contribution in [-0.2, 0) is 6.61 Å². The molecule has 2 aromatic carbocycles. The number of ether oxygens (including phenoxy) is 3. The molecule has 1 aromatic heterocycles. The number of rotatable bonds is 7. The van der Waals surface area contributed by atoms with Crippen LogP contribution < -0.4 is 14.2 Å².